The first-order valence-corrected chi connectivity index (χ1v) is 4.34. The molecular weight excluding hydrogens is 144 g/mol. The molecule has 0 saturated carbocycles. The Hall–Kier alpha value is -1.04. The van der Waals surface area contributed by atoms with E-state index >= 15 is 0 Å². The smallest absolute Gasteiger partial charge is 0.0237 e. The second kappa shape index (κ2) is 9.96. The molecule has 12 heavy (non-hydrogen) atoms. The van der Waals surface area contributed by atoms with E-state index in [-0.39, 0.29) is 0 Å². The predicted octanol–water partition coefficient (Wildman–Crippen LogP) is 4.28. The molecule has 0 aromatic heterocycles. The molecule has 0 aromatic carbocycles. The third-order valence-electron chi connectivity index (χ3n) is 1.41. The summed E-state index contributed by atoms with van der Waals surface area (Å²) in [5, 5.41) is 0. The van der Waals surface area contributed by atoms with Gasteiger partial charge in [-0.25, -0.2) is 0 Å². The van der Waals surface area contributed by atoms with Crippen LogP contribution in [0.15, 0.2) is 48.6 Å². The third-order valence-corrected chi connectivity index (χ3v) is 1.41. The number of rotatable bonds is 3. The van der Waals surface area contributed by atoms with Gasteiger partial charge in [0.2, 0.25) is 0 Å². The van der Waals surface area contributed by atoms with E-state index in [1.54, 1.807) is 6.08 Å². The zero-order chi connectivity index (χ0) is 9.98. The summed E-state index contributed by atoms with van der Waals surface area (Å²) in [5.74, 6) is 0. The SMILES string of the molecule is C=C/C=C(C=C)/C(C)=C\C.CC. The van der Waals surface area contributed by atoms with Crippen LogP contribution in [0.25, 0.3) is 0 Å². The summed E-state index contributed by atoms with van der Waals surface area (Å²) in [5.41, 5.74) is 2.37. The van der Waals surface area contributed by atoms with Crippen LogP contribution in [0.3, 0.4) is 0 Å². The van der Waals surface area contributed by atoms with Gasteiger partial charge in [-0.3, -0.25) is 0 Å². The van der Waals surface area contributed by atoms with Gasteiger partial charge in [0.25, 0.3) is 0 Å². The van der Waals surface area contributed by atoms with Crippen LogP contribution >= 0.6 is 0 Å². The van der Waals surface area contributed by atoms with E-state index in [4.69, 9.17) is 0 Å². The highest BCUT2D eigenvalue weighted by Crippen LogP contribution is 2.09. The number of hydrogen-bond acceptors (Lipinski definition) is 0. The van der Waals surface area contributed by atoms with Gasteiger partial charge in [0.15, 0.2) is 0 Å². The lowest BCUT2D eigenvalue weighted by atomic mass is 10.1. The van der Waals surface area contributed by atoms with Gasteiger partial charge >= 0.3 is 0 Å². The Labute approximate surface area is 77.0 Å². The third kappa shape index (κ3) is 5.72. The summed E-state index contributed by atoms with van der Waals surface area (Å²) < 4.78 is 0. The number of hydrogen-bond donors (Lipinski definition) is 0. The van der Waals surface area contributed by atoms with Crippen molar-refractivity contribution in [1.29, 1.82) is 0 Å². The van der Waals surface area contributed by atoms with E-state index < -0.39 is 0 Å². The molecule has 0 atom stereocenters. The normalized spacial score (nSPS) is 11.3. The van der Waals surface area contributed by atoms with Crippen molar-refractivity contribution in [3.63, 3.8) is 0 Å². The van der Waals surface area contributed by atoms with Gasteiger partial charge < -0.3 is 0 Å². The van der Waals surface area contributed by atoms with E-state index in [1.807, 2.05) is 32.9 Å². The van der Waals surface area contributed by atoms with Crippen molar-refractivity contribution in [2.45, 2.75) is 27.7 Å². The zero-order valence-electron chi connectivity index (χ0n) is 8.72. The molecule has 0 aliphatic carbocycles. The fraction of sp³-hybridized carbons (Fsp3) is 0.333. The van der Waals surface area contributed by atoms with Crippen molar-refractivity contribution in [3.05, 3.63) is 48.6 Å². The van der Waals surface area contributed by atoms with Crippen molar-refractivity contribution in [3.8, 4) is 0 Å². The van der Waals surface area contributed by atoms with Gasteiger partial charge in [-0.2, -0.15) is 0 Å². The highest BCUT2D eigenvalue weighted by Gasteiger charge is 1.89. The molecule has 0 unspecified atom stereocenters. The van der Waals surface area contributed by atoms with Crippen LogP contribution < -0.4 is 0 Å². The van der Waals surface area contributed by atoms with Crippen LogP contribution in [-0.4, -0.2) is 0 Å². The molecule has 0 rings (SSSR count). The second-order valence-corrected chi connectivity index (χ2v) is 2.03. The lowest BCUT2D eigenvalue weighted by molar-refractivity contribution is 1.40. The molecule has 0 amide bonds. The van der Waals surface area contributed by atoms with Gasteiger partial charge in [-0.1, -0.05) is 51.3 Å². The maximum absolute atomic E-state index is 3.69. The Morgan fingerprint density at radius 3 is 1.92 bits per heavy atom. The molecule has 0 aliphatic rings. The van der Waals surface area contributed by atoms with Crippen LogP contribution in [0.4, 0.5) is 0 Å². The predicted molar refractivity (Wildman–Crippen MR) is 59.3 cm³/mol. The van der Waals surface area contributed by atoms with E-state index in [0.29, 0.717) is 0 Å². The van der Waals surface area contributed by atoms with Crippen LogP contribution in [0, 0.1) is 0 Å². The molecule has 0 aliphatic heterocycles. The minimum absolute atomic E-state index is 1.14. The Bertz CT molecular complexity index is 180. The molecule has 68 valence electrons. The van der Waals surface area contributed by atoms with Crippen molar-refractivity contribution in [2.75, 3.05) is 0 Å². The minimum atomic E-state index is 1.14. The first kappa shape index (κ1) is 13.5. The minimum Gasteiger partial charge on any atom is -0.0990 e. The second-order valence-electron chi connectivity index (χ2n) is 2.03. The monoisotopic (exact) mass is 164 g/mol. The Balaban J connectivity index is 0. The summed E-state index contributed by atoms with van der Waals surface area (Å²) in [6.07, 6.45) is 7.60. The quantitative estimate of drug-likeness (QED) is 0.546. The van der Waals surface area contributed by atoms with Gasteiger partial charge in [-0.05, 0) is 25.0 Å². The van der Waals surface area contributed by atoms with Gasteiger partial charge in [0.1, 0.15) is 0 Å². The molecule has 0 radical (unpaired) electrons. The van der Waals surface area contributed by atoms with Crippen LogP contribution in [0.5, 0.6) is 0 Å². The van der Waals surface area contributed by atoms with Crippen LogP contribution in [0.1, 0.15) is 27.7 Å². The first-order valence-electron chi connectivity index (χ1n) is 4.34. The standard InChI is InChI=1S/C10H14.C2H6/c1-5-8-10(7-3)9(4)6-2;1-2/h5-8H,1,3H2,2,4H3;1-2H3/b9-6-,10-8+;. The summed E-state index contributed by atoms with van der Waals surface area (Å²) in [6, 6.07) is 0. The van der Waals surface area contributed by atoms with Crippen molar-refractivity contribution in [1.82, 2.24) is 0 Å². The molecule has 0 spiro atoms. The molecule has 0 fully saturated rings. The van der Waals surface area contributed by atoms with Crippen molar-refractivity contribution in [2.24, 2.45) is 0 Å². The molecular formula is C12H20. The average molecular weight is 164 g/mol. The first-order chi connectivity index (χ1) is 5.76. The largest absolute Gasteiger partial charge is 0.0990 e. The topological polar surface area (TPSA) is 0 Å². The molecule has 0 bridgehead atoms. The van der Waals surface area contributed by atoms with E-state index in [9.17, 15) is 0 Å². The van der Waals surface area contributed by atoms with Crippen LogP contribution in [0.2, 0.25) is 0 Å². The summed E-state index contributed by atoms with van der Waals surface area (Å²) >= 11 is 0. The molecule has 0 N–H and O–H groups in total. The summed E-state index contributed by atoms with van der Waals surface area (Å²) in [4.78, 5) is 0. The average Bonchev–Trinajstić information content (AvgIpc) is 2.16. The van der Waals surface area contributed by atoms with Crippen LogP contribution in [-0.2, 0) is 0 Å². The zero-order valence-corrected chi connectivity index (χ0v) is 8.72. The maximum atomic E-state index is 3.69. The Morgan fingerprint density at radius 1 is 1.17 bits per heavy atom. The maximum Gasteiger partial charge on any atom is -0.0237 e. The van der Waals surface area contributed by atoms with E-state index in [2.05, 4.69) is 26.2 Å². The lowest BCUT2D eigenvalue weighted by Crippen LogP contribution is -1.77. The van der Waals surface area contributed by atoms with Gasteiger partial charge in [-0.15, -0.1) is 0 Å². The fourth-order valence-electron chi connectivity index (χ4n) is 0.654. The highest BCUT2D eigenvalue weighted by atomic mass is 13.9. The molecule has 0 saturated heterocycles. The molecule has 0 heterocycles. The van der Waals surface area contributed by atoms with E-state index in [0.717, 1.165) is 5.57 Å². The molecule has 0 aromatic rings. The van der Waals surface area contributed by atoms with Gasteiger partial charge in [0.05, 0.1) is 0 Å². The van der Waals surface area contributed by atoms with Gasteiger partial charge in [0, 0.05) is 0 Å². The molecule has 0 nitrogen and oxygen atoms in total. The Kier molecular flexibility index (Phi) is 11.2. The lowest BCUT2D eigenvalue weighted by Gasteiger charge is -1.97. The number of allylic oxidation sites excluding steroid dienone is 6. The summed E-state index contributed by atoms with van der Waals surface area (Å²) in [7, 11) is 0. The van der Waals surface area contributed by atoms with E-state index in [1.165, 1.54) is 5.57 Å². The molecule has 0 heteroatoms. The Morgan fingerprint density at radius 2 is 1.67 bits per heavy atom. The van der Waals surface area contributed by atoms with Crippen molar-refractivity contribution >= 4 is 0 Å². The van der Waals surface area contributed by atoms with Crippen molar-refractivity contribution < 1.29 is 0 Å². The fourth-order valence-corrected chi connectivity index (χ4v) is 0.654. The summed E-state index contributed by atoms with van der Waals surface area (Å²) in [6.45, 7) is 15.4. The highest BCUT2D eigenvalue weighted by molar-refractivity contribution is 5.38.